The predicted molar refractivity (Wildman–Crippen MR) is 133 cm³/mol. The number of benzene rings is 4. The number of carbonyl (C=O) groups is 1. The van der Waals surface area contributed by atoms with Gasteiger partial charge in [0.25, 0.3) is 0 Å². The molecule has 0 fully saturated rings. The standard InChI is InChI=1S/C28H24N2O3/c31-28(32)27-23(15-8-18-33-25-17-6-10-19-9-4-5-13-21(19)25)22-14-7-16-24(26(22)30-27)29-20-11-2-1-3-12-20/h1-7,9-14,16-17,29-30H,8,15,18H2,(H,31,32). The minimum absolute atomic E-state index is 0.234. The van der Waals surface area contributed by atoms with Crippen LogP contribution in [0.5, 0.6) is 5.75 Å². The molecule has 0 unspecified atom stereocenters. The van der Waals surface area contributed by atoms with Gasteiger partial charge in [-0.1, -0.05) is 66.7 Å². The number of anilines is 2. The van der Waals surface area contributed by atoms with Gasteiger partial charge in [0, 0.05) is 16.5 Å². The summed E-state index contributed by atoms with van der Waals surface area (Å²) in [6.07, 6.45) is 1.30. The number of ether oxygens (including phenoxy) is 1. The van der Waals surface area contributed by atoms with E-state index in [1.807, 2.05) is 78.9 Å². The number of nitrogens with one attached hydrogen (secondary N) is 2. The van der Waals surface area contributed by atoms with Crippen molar-refractivity contribution in [3.8, 4) is 5.75 Å². The fraction of sp³-hybridized carbons (Fsp3) is 0.107. The van der Waals surface area contributed by atoms with Gasteiger partial charge >= 0.3 is 5.97 Å². The van der Waals surface area contributed by atoms with E-state index in [1.54, 1.807) is 0 Å². The van der Waals surface area contributed by atoms with Crippen LogP contribution in [0.1, 0.15) is 22.5 Å². The second-order valence-corrected chi connectivity index (χ2v) is 7.93. The van der Waals surface area contributed by atoms with Crippen LogP contribution < -0.4 is 10.1 Å². The molecule has 5 heteroatoms. The Morgan fingerprint density at radius 3 is 2.42 bits per heavy atom. The molecule has 1 aromatic heterocycles. The van der Waals surface area contributed by atoms with Crippen molar-refractivity contribution in [2.45, 2.75) is 12.8 Å². The molecule has 0 aliphatic heterocycles. The zero-order valence-corrected chi connectivity index (χ0v) is 18.0. The van der Waals surface area contributed by atoms with Gasteiger partial charge in [0.1, 0.15) is 11.4 Å². The highest BCUT2D eigenvalue weighted by atomic mass is 16.5. The fourth-order valence-corrected chi connectivity index (χ4v) is 4.25. The number of aryl methyl sites for hydroxylation is 1. The van der Waals surface area contributed by atoms with Crippen molar-refractivity contribution in [1.82, 2.24) is 4.98 Å². The first-order valence-electron chi connectivity index (χ1n) is 11.0. The zero-order valence-electron chi connectivity index (χ0n) is 18.0. The average Bonchev–Trinajstić information content (AvgIpc) is 3.22. The highest BCUT2D eigenvalue weighted by molar-refractivity contribution is 6.02. The molecule has 33 heavy (non-hydrogen) atoms. The summed E-state index contributed by atoms with van der Waals surface area (Å²) in [7, 11) is 0. The first-order chi connectivity index (χ1) is 16.2. The number of fused-ring (bicyclic) bond motifs is 2. The van der Waals surface area contributed by atoms with Crippen molar-refractivity contribution < 1.29 is 14.6 Å². The Hall–Kier alpha value is -4.25. The molecular weight excluding hydrogens is 412 g/mol. The van der Waals surface area contributed by atoms with E-state index < -0.39 is 5.97 Å². The van der Waals surface area contributed by atoms with Crippen molar-refractivity contribution in [2.24, 2.45) is 0 Å². The van der Waals surface area contributed by atoms with E-state index in [-0.39, 0.29) is 5.69 Å². The van der Waals surface area contributed by atoms with Gasteiger partial charge in [0.05, 0.1) is 17.8 Å². The van der Waals surface area contributed by atoms with E-state index in [0.29, 0.717) is 19.4 Å². The minimum atomic E-state index is -0.957. The summed E-state index contributed by atoms with van der Waals surface area (Å²) in [4.78, 5) is 15.1. The number of carboxylic acid groups (broad SMARTS) is 1. The molecule has 0 saturated heterocycles. The van der Waals surface area contributed by atoms with Crippen LogP contribution in [0, 0.1) is 0 Å². The van der Waals surface area contributed by atoms with Crippen LogP contribution in [-0.2, 0) is 6.42 Å². The maximum Gasteiger partial charge on any atom is 0.352 e. The van der Waals surface area contributed by atoms with Crippen molar-refractivity contribution in [1.29, 1.82) is 0 Å². The molecule has 164 valence electrons. The molecule has 5 rings (SSSR count). The third-order valence-electron chi connectivity index (χ3n) is 5.79. The molecule has 5 aromatic rings. The SMILES string of the molecule is O=C(O)c1[nH]c2c(Nc3ccccc3)cccc2c1CCCOc1cccc2ccccc12. The Morgan fingerprint density at radius 1 is 0.848 bits per heavy atom. The number of para-hydroxylation sites is 2. The van der Waals surface area contributed by atoms with E-state index in [4.69, 9.17) is 4.74 Å². The molecule has 3 N–H and O–H groups in total. The maximum atomic E-state index is 12.0. The summed E-state index contributed by atoms with van der Waals surface area (Å²) in [6, 6.07) is 29.8. The molecule has 0 aliphatic carbocycles. The number of hydrogen-bond acceptors (Lipinski definition) is 3. The molecule has 0 amide bonds. The maximum absolute atomic E-state index is 12.0. The van der Waals surface area contributed by atoms with Crippen LogP contribution in [0.2, 0.25) is 0 Å². The molecule has 0 aliphatic rings. The molecule has 0 saturated carbocycles. The molecule has 4 aromatic carbocycles. The molecule has 0 radical (unpaired) electrons. The van der Waals surface area contributed by atoms with Gasteiger partial charge in [-0.2, -0.15) is 0 Å². The highest BCUT2D eigenvalue weighted by Gasteiger charge is 2.18. The Balaban J connectivity index is 1.36. The van der Waals surface area contributed by atoms with Gasteiger partial charge in [0.15, 0.2) is 0 Å². The lowest BCUT2D eigenvalue weighted by atomic mass is 10.0. The normalized spacial score (nSPS) is 11.0. The lowest BCUT2D eigenvalue weighted by Gasteiger charge is -2.10. The number of aromatic amines is 1. The van der Waals surface area contributed by atoms with Gasteiger partial charge in [-0.05, 0) is 48.1 Å². The highest BCUT2D eigenvalue weighted by Crippen LogP contribution is 2.31. The van der Waals surface area contributed by atoms with Crippen molar-refractivity contribution in [2.75, 3.05) is 11.9 Å². The number of aromatic carboxylic acids is 1. The largest absolute Gasteiger partial charge is 0.493 e. The van der Waals surface area contributed by atoms with E-state index in [0.717, 1.165) is 44.4 Å². The monoisotopic (exact) mass is 436 g/mol. The Labute approximate surface area is 191 Å². The number of carboxylic acids is 1. The first-order valence-corrected chi connectivity index (χ1v) is 11.0. The number of aromatic nitrogens is 1. The fourth-order valence-electron chi connectivity index (χ4n) is 4.25. The first kappa shape index (κ1) is 20.6. The van der Waals surface area contributed by atoms with Crippen molar-refractivity contribution >= 4 is 39.0 Å². The zero-order chi connectivity index (χ0) is 22.6. The van der Waals surface area contributed by atoms with Gasteiger partial charge in [0.2, 0.25) is 0 Å². The second-order valence-electron chi connectivity index (χ2n) is 7.93. The molecule has 5 nitrogen and oxygen atoms in total. The van der Waals surface area contributed by atoms with E-state index >= 15 is 0 Å². The second kappa shape index (κ2) is 9.09. The van der Waals surface area contributed by atoms with Gasteiger partial charge in [-0.3, -0.25) is 0 Å². The summed E-state index contributed by atoms with van der Waals surface area (Å²) in [5.41, 5.74) is 3.62. The Bertz CT molecular complexity index is 1420. The smallest absolute Gasteiger partial charge is 0.352 e. The van der Waals surface area contributed by atoms with Crippen LogP contribution >= 0.6 is 0 Å². The van der Waals surface area contributed by atoms with Gasteiger partial charge < -0.3 is 20.1 Å². The van der Waals surface area contributed by atoms with Gasteiger partial charge in [-0.25, -0.2) is 4.79 Å². The summed E-state index contributed by atoms with van der Waals surface area (Å²) in [5.74, 6) is -0.110. The Kier molecular flexibility index (Phi) is 5.68. The average molecular weight is 437 g/mol. The third kappa shape index (κ3) is 4.26. The van der Waals surface area contributed by atoms with Crippen molar-refractivity contribution in [3.63, 3.8) is 0 Å². The van der Waals surface area contributed by atoms with Crippen LogP contribution in [0.3, 0.4) is 0 Å². The third-order valence-corrected chi connectivity index (χ3v) is 5.79. The minimum Gasteiger partial charge on any atom is -0.493 e. The van der Waals surface area contributed by atoms with Crippen LogP contribution in [0.4, 0.5) is 11.4 Å². The van der Waals surface area contributed by atoms with Crippen LogP contribution in [0.15, 0.2) is 91.0 Å². The quantitative estimate of drug-likeness (QED) is 0.235. The van der Waals surface area contributed by atoms with E-state index in [1.165, 1.54) is 0 Å². The molecule has 0 spiro atoms. The van der Waals surface area contributed by atoms with Crippen LogP contribution in [-0.4, -0.2) is 22.7 Å². The Morgan fingerprint density at radius 2 is 1.58 bits per heavy atom. The summed E-state index contributed by atoms with van der Waals surface area (Å²) in [6.45, 7) is 0.502. The van der Waals surface area contributed by atoms with E-state index in [9.17, 15) is 9.90 Å². The van der Waals surface area contributed by atoms with E-state index in [2.05, 4.69) is 22.4 Å². The lowest BCUT2D eigenvalue weighted by molar-refractivity contribution is 0.0690. The number of H-pyrrole nitrogens is 1. The molecule has 1 heterocycles. The number of hydrogen-bond donors (Lipinski definition) is 3. The van der Waals surface area contributed by atoms with Gasteiger partial charge in [-0.15, -0.1) is 0 Å². The summed E-state index contributed by atoms with van der Waals surface area (Å²) < 4.78 is 6.06. The molecule has 0 atom stereocenters. The summed E-state index contributed by atoms with van der Waals surface area (Å²) >= 11 is 0. The van der Waals surface area contributed by atoms with Crippen molar-refractivity contribution in [3.05, 3.63) is 102 Å². The topological polar surface area (TPSA) is 74.3 Å². The molecular formula is C28H24N2O3. The number of rotatable bonds is 8. The lowest BCUT2D eigenvalue weighted by Crippen LogP contribution is -2.04. The van der Waals surface area contributed by atoms with Crippen LogP contribution in [0.25, 0.3) is 21.7 Å². The predicted octanol–water partition coefficient (Wildman–Crippen LogP) is 6.77. The molecule has 0 bridgehead atoms. The summed E-state index contributed by atoms with van der Waals surface area (Å²) in [5, 5.41) is 16.3.